The molecule has 6 nitrogen and oxygen atoms in total. The zero-order chi connectivity index (χ0) is 9.72. The molecule has 0 aromatic rings. The summed E-state index contributed by atoms with van der Waals surface area (Å²) in [4.78, 5) is 20.7. The van der Waals surface area contributed by atoms with Gasteiger partial charge in [0, 0.05) is 0 Å². The van der Waals surface area contributed by atoms with Crippen molar-refractivity contribution >= 4 is 11.8 Å². The summed E-state index contributed by atoms with van der Waals surface area (Å²) in [5.74, 6) is -1.47. The Hall–Kier alpha value is -1.98. The molecule has 0 heterocycles. The van der Waals surface area contributed by atoms with Crippen LogP contribution in [-0.4, -0.2) is 11.8 Å². The number of hydrazine groups is 1. The third kappa shape index (κ3) is 3.25. The Labute approximate surface area is 69.3 Å². The highest BCUT2D eigenvalue weighted by Crippen LogP contribution is 1.81. The van der Waals surface area contributed by atoms with Gasteiger partial charge in [0.05, 0.1) is 0 Å². The van der Waals surface area contributed by atoms with E-state index in [-0.39, 0.29) is 11.4 Å². The lowest BCUT2D eigenvalue weighted by atomic mass is 10.5. The second kappa shape index (κ2) is 4.02. The van der Waals surface area contributed by atoms with Gasteiger partial charge < -0.3 is 11.5 Å². The van der Waals surface area contributed by atoms with Gasteiger partial charge in [0.2, 0.25) is 0 Å². The average Bonchev–Trinajstić information content (AvgIpc) is 1.98. The van der Waals surface area contributed by atoms with Gasteiger partial charge in [-0.05, 0) is 0 Å². The van der Waals surface area contributed by atoms with Crippen LogP contribution in [0, 0.1) is 0 Å². The molecule has 2 amide bonds. The maximum atomic E-state index is 10.4. The van der Waals surface area contributed by atoms with E-state index in [1.54, 1.807) is 0 Å². The van der Waals surface area contributed by atoms with E-state index in [0.29, 0.717) is 0 Å². The SMILES string of the molecule is C=C(NNC(=C)C(N)=O)C(N)=O. The van der Waals surface area contributed by atoms with Gasteiger partial charge >= 0.3 is 0 Å². The number of carbonyl (C=O) groups excluding carboxylic acids is 2. The van der Waals surface area contributed by atoms with Crippen LogP contribution in [0.5, 0.6) is 0 Å². The van der Waals surface area contributed by atoms with Crippen LogP contribution in [0.25, 0.3) is 0 Å². The van der Waals surface area contributed by atoms with Gasteiger partial charge in [-0.15, -0.1) is 0 Å². The van der Waals surface area contributed by atoms with E-state index in [1.165, 1.54) is 0 Å². The van der Waals surface area contributed by atoms with E-state index in [2.05, 4.69) is 24.0 Å². The maximum Gasteiger partial charge on any atom is 0.265 e. The number of hydrogen-bond acceptors (Lipinski definition) is 4. The zero-order valence-corrected chi connectivity index (χ0v) is 6.39. The fourth-order valence-corrected chi connectivity index (χ4v) is 0.274. The summed E-state index contributed by atoms with van der Waals surface area (Å²) < 4.78 is 0. The Morgan fingerprint density at radius 2 is 1.17 bits per heavy atom. The first kappa shape index (κ1) is 10.0. The lowest BCUT2D eigenvalue weighted by molar-refractivity contribution is -0.116. The zero-order valence-electron chi connectivity index (χ0n) is 6.39. The van der Waals surface area contributed by atoms with E-state index in [4.69, 9.17) is 11.5 Å². The van der Waals surface area contributed by atoms with Crippen molar-refractivity contribution < 1.29 is 9.59 Å². The third-order valence-electron chi connectivity index (χ3n) is 0.959. The first-order chi connectivity index (χ1) is 5.45. The first-order valence-corrected chi connectivity index (χ1v) is 2.94. The summed E-state index contributed by atoms with van der Waals surface area (Å²) in [5, 5.41) is 0. The van der Waals surface area contributed by atoms with Gasteiger partial charge in [-0.25, -0.2) is 0 Å². The molecule has 0 bridgehead atoms. The summed E-state index contributed by atoms with van der Waals surface area (Å²) >= 11 is 0. The van der Waals surface area contributed by atoms with Crippen molar-refractivity contribution in [1.29, 1.82) is 0 Å². The van der Waals surface area contributed by atoms with Crippen LogP contribution in [0.4, 0.5) is 0 Å². The van der Waals surface area contributed by atoms with Crippen LogP contribution in [0.2, 0.25) is 0 Å². The van der Waals surface area contributed by atoms with Gasteiger partial charge in [0.25, 0.3) is 11.8 Å². The van der Waals surface area contributed by atoms with Crippen LogP contribution >= 0.6 is 0 Å². The van der Waals surface area contributed by atoms with Crippen molar-refractivity contribution in [1.82, 2.24) is 10.9 Å². The highest BCUT2D eigenvalue weighted by Gasteiger charge is 2.02. The number of carbonyl (C=O) groups is 2. The summed E-state index contributed by atoms with van der Waals surface area (Å²) in [6, 6.07) is 0. The summed E-state index contributed by atoms with van der Waals surface area (Å²) in [6.07, 6.45) is 0. The molecule has 66 valence electrons. The van der Waals surface area contributed by atoms with E-state index < -0.39 is 11.8 Å². The molecule has 0 aromatic carbocycles. The van der Waals surface area contributed by atoms with Crippen molar-refractivity contribution in [3.8, 4) is 0 Å². The van der Waals surface area contributed by atoms with Gasteiger partial charge in [0.1, 0.15) is 11.4 Å². The Morgan fingerprint density at radius 1 is 0.917 bits per heavy atom. The Kier molecular flexibility index (Phi) is 3.35. The van der Waals surface area contributed by atoms with Crippen molar-refractivity contribution in [2.24, 2.45) is 11.5 Å². The molecule has 0 rings (SSSR count). The molecule has 0 aromatic heterocycles. The largest absolute Gasteiger partial charge is 0.364 e. The Balaban J connectivity index is 3.85. The lowest BCUT2D eigenvalue weighted by Crippen LogP contribution is -2.39. The summed E-state index contributed by atoms with van der Waals surface area (Å²) in [6.45, 7) is 6.49. The quantitative estimate of drug-likeness (QED) is 0.284. The summed E-state index contributed by atoms with van der Waals surface area (Å²) in [5.41, 5.74) is 13.9. The Bertz CT molecular complexity index is 220. The van der Waals surface area contributed by atoms with Gasteiger partial charge in [0.15, 0.2) is 0 Å². The first-order valence-electron chi connectivity index (χ1n) is 2.94. The van der Waals surface area contributed by atoms with Crippen molar-refractivity contribution in [3.63, 3.8) is 0 Å². The van der Waals surface area contributed by atoms with E-state index in [1.807, 2.05) is 0 Å². The number of nitrogens with one attached hydrogen (secondary N) is 2. The van der Waals surface area contributed by atoms with E-state index in [0.717, 1.165) is 0 Å². The molecule has 0 atom stereocenters. The minimum absolute atomic E-state index is 0.0857. The second-order valence-electron chi connectivity index (χ2n) is 1.94. The second-order valence-corrected chi connectivity index (χ2v) is 1.94. The fraction of sp³-hybridized carbons (Fsp3) is 0. The van der Waals surface area contributed by atoms with Crippen LogP contribution in [0.1, 0.15) is 0 Å². The predicted molar refractivity (Wildman–Crippen MR) is 42.9 cm³/mol. The number of rotatable bonds is 5. The smallest absolute Gasteiger partial charge is 0.265 e. The molecule has 6 N–H and O–H groups in total. The highest BCUT2D eigenvalue weighted by atomic mass is 16.2. The van der Waals surface area contributed by atoms with Gasteiger partial charge in [-0.1, -0.05) is 13.2 Å². The molecular weight excluding hydrogens is 160 g/mol. The van der Waals surface area contributed by atoms with Gasteiger partial charge in [-0.3, -0.25) is 20.4 Å². The maximum absolute atomic E-state index is 10.4. The minimum atomic E-state index is -0.736. The molecule has 0 saturated heterocycles. The molecule has 6 heteroatoms. The summed E-state index contributed by atoms with van der Waals surface area (Å²) in [7, 11) is 0. The molecule has 0 aliphatic carbocycles. The molecule has 0 fully saturated rings. The lowest BCUT2D eigenvalue weighted by Gasteiger charge is -2.08. The molecule has 0 aliphatic heterocycles. The monoisotopic (exact) mass is 170 g/mol. The molecular formula is C6H10N4O2. The molecule has 0 radical (unpaired) electrons. The van der Waals surface area contributed by atoms with E-state index >= 15 is 0 Å². The Morgan fingerprint density at radius 3 is 1.33 bits per heavy atom. The number of amides is 2. The third-order valence-corrected chi connectivity index (χ3v) is 0.959. The average molecular weight is 170 g/mol. The topological polar surface area (TPSA) is 110 Å². The molecule has 0 aliphatic rings. The standard InChI is InChI=1S/C6H10N4O2/c1-3(5(7)11)9-10-4(2)6(8)12/h9-10H,1-2H2,(H2,7,11)(H2,8,12). The van der Waals surface area contributed by atoms with Crippen LogP contribution < -0.4 is 22.3 Å². The number of hydrogen-bond donors (Lipinski definition) is 4. The minimum Gasteiger partial charge on any atom is -0.364 e. The van der Waals surface area contributed by atoms with E-state index in [9.17, 15) is 9.59 Å². The van der Waals surface area contributed by atoms with Crippen molar-refractivity contribution in [2.45, 2.75) is 0 Å². The molecule has 12 heavy (non-hydrogen) atoms. The highest BCUT2D eigenvalue weighted by molar-refractivity contribution is 5.92. The number of primary amides is 2. The number of nitrogens with two attached hydrogens (primary N) is 2. The molecule has 0 saturated carbocycles. The molecule has 0 unspecified atom stereocenters. The van der Waals surface area contributed by atoms with Gasteiger partial charge in [-0.2, -0.15) is 0 Å². The molecule has 0 spiro atoms. The van der Waals surface area contributed by atoms with Crippen LogP contribution in [0.3, 0.4) is 0 Å². The van der Waals surface area contributed by atoms with Crippen molar-refractivity contribution in [2.75, 3.05) is 0 Å². The predicted octanol–water partition coefficient (Wildman–Crippen LogP) is -1.92. The van der Waals surface area contributed by atoms with Crippen LogP contribution in [0.15, 0.2) is 24.6 Å². The van der Waals surface area contributed by atoms with Crippen molar-refractivity contribution in [3.05, 3.63) is 24.6 Å². The van der Waals surface area contributed by atoms with Crippen LogP contribution in [-0.2, 0) is 9.59 Å². The normalized spacial score (nSPS) is 8.33. The fourth-order valence-electron chi connectivity index (χ4n) is 0.274.